The summed E-state index contributed by atoms with van der Waals surface area (Å²) < 4.78 is 5.67. The van der Waals surface area contributed by atoms with Crippen molar-refractivity contribution in [2.75, 3.05) is 40.4 Å². The van der Waals surface area contributed by atoms with Gasteiger partial charge in [-0.25, -0.2) is 4.98 Å². The molecule has 1 fully saturated rings. The highest BCUT2D eigenvalue weighted by Gasteiger charge is 2.21. The second-order valence-corrected chi connectivity index (χ2v) is 6.58. The number of likely N-dealkylation sites (N-methyl/N-ethyl adjacent to an activating group) is 1. The van der Waals surface area contributed by atoms with E-state index in [-0.39, 0.29) is 0 Å². The molecule has 0 aliphatic heterocycles. The molecule has 0 atom stereocenters. The van der Waals surface area contributed by atoms with Gasteiger partial charge in [0.25, 0.3) is 0 Å². The predicted octanol–water partition coefficient (Wildman–Crippen LogP) is 1.93. The van der Waals surface area contributed by atoms with Crippen LogP contribution >= 0.6 is 11.3 Å². The molecule has 0 spiro atoms. The summed E-state index contributed by atoms with van der Waals surface area (Å²) in [4.78, 5) is 10.9. The van der Waals surface area contributed by atoms with Crippen LogP contribution in [-0.2, 0) is 11.2 Å². The fraction of sp³-hybridized carbons (Fsp3) is 0.733. The van der Waals surface area contributed by atoms with E-state index >= 15 is 0 Å². The Morgan fingerprint density at radius 1 is 1.57 bits per heavy atom. The highest BCUT2D eigenvalue weighted by atomic mass is 32.1. The Morgan fingerprint density at radius 3 is 3.00 bits per heavy atom. The van der Waals surface area contributed by atoms with Gasteiger partial charge in [0.05, 0.1) is 17.3 Å². The zero-order valence-electron chi connectivity index (χ0n) is 13.3. The van der Waals surface area contributed by atoms with Gasteiger partial charge in [-0.1, -0.05) is 0 Å². The molecule has 6 heteroatoms. The molecule has 0 unspecified atom stereocenters. The normalized spacial score (nSPS) is 15.3. The van der Waals surface area contributed by atoms with E-state index in [1.54, 1.807) is 11.3 Å². The van der Waals surface area contributed by atoms with Crippen LogP contribution in [0.5, 0.6) is 0 Å². The molecule has 1 aliphatic carbocycles. The van der Waals surface area contributed by atoms with E-state index in [1.807, 2.05) is 21.0 Å². The first-order chi connectivity index (χ1) is 10.2. The van der Waals surface area contributed by atoms with Crippen LogP contribution in [0.1, 0.15) is 23.5 Å². The van der Waals surface area contributed by atoms with Gasteiger partial charge in [-0.2, -0.15) is 0 Å². The second-order valence-electron chi connectivity index (χ2n) is 5.52. The van der Waals surface area contributed by atoms with Crippen LogP contribution in [0, 0.1) is 12.8 Å². The number of nitrogens with zero attached hydrogens (tertiary/aromatic N) is 3. The number of rotatable bonds is 8. The maximum Gasteiger partial charge on any atom is 0.193 e. The fourth-order valence-electron chi connectivity index (χ4n) is 2.05. The molecule has 1 saturated carbocycles. The average molecular weight is 310 g/mol. The summed E-state index contributed by atoms with van der Waals surface area (Å²) in [6.45, 7) is 5.43. The van der Waals surface area contributed by atoms with Crippen LogP contribution in [0.3, 0.4) is 0 Å². The van der Waals surface area contributed by atoms with Crippen LogP contribution in [0.15, 0.2) is 10.4 Å². The number of aryl methyl sites for hydroxylation is 1. The number of guanidine groups is 1. The van der Waals surface area contributed by atoms with Crippen molar-refractivity contribution in [3.05, 3.63) is 16.1 Å². The van der Waals surface area contributed by atoms with Crippen molar-refractivity contribution < 1.29 is 4.74 Å². The lowest BCUT2D eigenvalue weighted by Gasteiger charge is -2.21. The van der Waals surface area contributed by atoms with E-state index in [0.717, 1.165) is 55.3 Å². The van der Waals surface area contributed by atoms with Crippen molar-refractivity contribution in [2.24, 2.45) is 10.9 Å². The average Bonchev–Trinajstić information content (AvgIpc) is 3.21. The van der Waals surface area contributed by atoms with Gasteiger partial charge in [0.2, 0.25) is 0 Å². The molecule has 21 heavy (non-hydrogen) atoms. The minimum Gasteiger partial charge on any atom is -0.379 e. The van der Waals surface area contributed by atoms with Crippen LogP contribution in [0.4, 0.5) is 0 Å². The van der Waals surface area contributed by atoms with Crippen LogP contribution in [-0.4, -0.2) is 56.2 Å². The first-order valence-electron chi connectivity index (χ1n) is 7.59. The van der Waals surface area contributed by atoms with E-state index in [9.17, 15) is 0 Å². The number of aromatic nitrogens is 1. The van der Waals surface area contributed by atoms with E-state index in [1.165, 1.54) is 12.8 Å². The van der Waals surface area contributed by atoms with Gasteiger partial charge in [0, 0.05) is 45.6 Å². The lowest BCUT2D eigenvalue weighted by Crippen LogP contribution is -2.41. The number of nitrogens with one attached hydrogen (secondary N) is 1. The summed E-state index contributed by atoms with van der Waals surface area (Å²) in [6.07, 6.45) is 3.61. The molecule has 1 aromatic heterocycles. The minimum absolute atomic E-state index is 0.763. The molecule has 0 amide bonds. The van der Waals surface area contributed by atoms with Gasteiger partial charge in [0.15, 0.2) is 5.96 Å². The van der Waals surface area contributed by atoms with E-state index < -0.39 is 0 Å². The Kier molecular flexibility index (Phi) is 6.45. The highest BCUT2D eigenvalue weighted by Crippen LogP contribution is 2.28. The lowest BCUT2D eigenvalue weighted by atomic mass is 10.3. The largest absolute Gasteiger partial charge is 0.379 e. The quantitative estimate of drug-likeness (QED) is 0.453. The summed E-state index contributed by atoms with van der Waals surface area (Å²) in [5.74, 6) is 1.74. The second kappa shape index (κ2) is 8.34. The molecule has 5 nitrogen and oxygen atoms in total. The monoisotopic (exact) mass is 310 g/mol. The van der Waals surface area contributed by atoms with Crippen molar-refractivity contribution in [2.45, 2.75) is 26.2 Å². The van der Waals surface area contributed by atoms with Crippen molar-refractivity contribution in [3.8, 4) is 0 Å². The topological polar surface area (TPSA) is 49.8 Å². The molecule has 0 aromatic carbocycles. The molecule has 0 saturated heterocycles. The predicted molar refractivity (Wildman–Crippen MR) is 88.1 cm³/mol. The molecular formula is C15H26N4OS. The molecule has 1 heterocycles. The molecule has 0 radical (unpaired) electrons. The Labute approximate surface area is 131 Å². The first kappa shape index (κ1) is 16.2. The van der Waals surface area contributed by atoms with Crippen molar-refractivity contribution >= 4 is 17.3 Å². The molecule has 0 bridgehead atoms. The maximum absolute atomic E-state index is 5.67. The Hall–Kier alpha value is -1.14. The molecule has 1 aliphatic rings. The fourth-order valence-corrected chi connectivity index (χ4v) is 2.70. The molecule has 118 valence electrons. The Morgan fingerprint density at radius 2 is 2.38 bits per heavy atom. The smallest absolute Gasteiger partial charge is 0.193 e. The maximum atomic E-state index is 5.67. The summed E-state index contributed by atoms with van der Waals surface area (Å²) in [5.41, 5.74) is 1.15. The number of ether oxygens (including phenoxy) is 1. The van der Waals surface area contributed by atoms with Gasteiger partial charge < -0.3 is 15.0 Å². The highest BCUT2D eigenvalue weighted by molar-refractivity contribution is 7.09. The number of hydrogen-bond donors (Lipinski definition) is 1. The van der Waals surface area contributed by atoms with Crippen molar-refractivity contribution in [3.63, 3.8) is 0 Å². The molecule has 1 aromatic rings. The zero-order chi connectivity index (χ0) is 15.1. The third kappa shape index (κ3) is 6.01. The minimum atomic E-state index is 0.763. The number of hydrogen-bond acceptors (Lipinski definition) is 4. The number of thiazole rings is 1. The third-order valence-electron chi connectivity index (χ3n) is 3.53. The van der Waals surface area contributed by atoms with Crippen LogP contribution < -0.4 is 5.32 Å². The summed E-state index contributed by atoms with van der Waals surface area (Å²) in [5, 5.41) is 6.62. The third-order valence-corrected chi connectivity index (χ3v) is 4.35. The molecule has 2 rings (SSSR count). The summed E-state index contributed by atoms with van der Waals surface area (Å²) >= 11 is 1.70. The van der Waals surface area contributed by atoms with Crippen LogP contribution in [0.2, 0.25) is 0 Å². The van der Waals surface area contributed by atoms with Crippen molar-refractivity contribution in [1.82, 2.24) is 15.2 Å². The molecular weight excluding hydrogens is 284 g/mol. The summed E-state index contributed by atoms with van der Waals surface area (Å²) in [6, 6.07) is 0. The van der Waals surface area contributed by atoms with Crippen LogP contribution in [0.25, 0.3) is 0 Å². The molecule has 1 N–H and O–H groups in total. The summed E-state index contributed by atoms with van der Waals surface area (Å²) in [7, 11) is 3.86. The van der Waals surface area contributed by atoms with Gasteiger partial charge in [-0.15, -0.1) is 11.3 Å². The van der Waals surface area contributed by atoms with E-state index in [4.69, 9.17) is 4.74 Å². The lowest BCUT2D eigenvalue weighted by molar-refractivity contribution is 0.115. The standard InChI is InChI=1S/C15H26N4OS/c1-12-18-14(11-21-12)6-7-17-15(16-2)19(3)8-9-20-10-13-4-5-13/h11,13H,4-10H2,1-3H3,(H,16,17). The SMILES string of the molecule is CN=C(NCCc1csc(C)n1)N(C)CCOCC1CC1. The van der Waals surface area contributed by atoms with E-state index in [0.29, 0.717) is 0 Å². The van der Waals surface area contributed by atoms with E-state index in [2.05, 4.69) is 25.6 Å². The Bertz CT molecular complexity index is 456. The van der Waals surface area contributed by atoms with Crippen molar-refractivity contribution in [1.29, 1.82) is 0 Å². The van der Waals surface area contributed by atoms with Gasteiger partial charge in [0.1, 0.15) is 0 Å². The number of aliphatic imine (C=N–C) groups is 1. The van der Waals surface area contributed by atoms with Gasteiger partial charge in [-0.05, 0) is 25.7 Å². The Balaban J connectivity index is 1.61. The van der Waals surface area contributed by atoms with Gasteiger partial charge in [-0.3, -0.25) is 4.99 Å². The first-order valence-corrected chi connectivity index (χ1v) is 8.47. The zero-order valence-corrected chi connectivity index (χ0v) is 14.1. The van der Waals surface area contributed by atoms with Gasteiger partial charge >= 0.3 is 0 Å².